The molecule has 3 heterocycles. The van der Waals surface area contributed by atoms with Crippen molar-refractivity contribution in [3.05, 3.63) is 52.7 Å². The lowest BCUT2D eigenvalue weighted by atomic mass is 9.98. The SMILES string of the molecule is CCC(=O)CCCCC[C@H](NC(=O)C1C[NH+](C)C1)c1[nH]c(-c2cc3ccccc3[nH]c2=O)c[nH+]1.O=C([O-])C(F)(F)F.O=C([O-])C(F)(F)F. The second kappa shape index (κ2) is 17.4. The van der Waals surface area contributed by atoms with Crippen molar-refractivity contribution in [1.29, 1.82) is 0 Å². The Bertz CT molecular complexity index is 1590. The van der Waals surface area contributed by atoms with Crippen molar-refractivity contribution in [2.45, 2.75) is 63.8 Å². The van der Waals surface area contributed by atoms with Crippen molar-refractivity contribution >= 4 is 34.5 Å². The van der Waals surface area contributed by atoms with Gasteiger partial charge in [-0.25, -0.2) is 9.97 Å². The first-order valence-corrected chi connectivity index (χ1v) is 14.8. The van der Waals surface area contributed by atoms with Crippen LogP contribution in [-0.2, 0) is 19.2 Å². The van der Waals surface area contributed by atoms with E-state index in [0.29, 0.717) is 29.9 Å². The van der Waals surface area contributed by atoms with Gasteiger partial charge in [-0.3, -0.25) is 14.4 Å². The van der Waals surface area contributed by atoms with E-state index >= 15 is 0 Å². The lowest BCUT2D eigenvalue weighted by molar-refractivity contribution is -0.927. The molecule has 48 heavy (non-hydrogen) atoms. The van der Waals surface area contributed by atoms with Gasteiger partial charge in [-0.15, -0.1) is 0 Å². The minimum Gasteiger partial charge on any atom is -0.542 e. The van der Waals surface area contributed by atoms with Crippen LogP contribution in [-0.4, -0.2) is 66.1 Å². The van der Waals surface area contributed by atoms with E-state index < -0.39 is 24.3 Å². The summed E-state index contributed by atoms with van der Waals surface area (Å²) in [6.45, 7) is 3.60. The molecule has 5 N–H and O–H groups in total. The maximum Gasteiger partial charge on any atom is 0.430 e. The molecule has 12 nitrogen and oxygen atoms in total. The van der Waals surface area contributed by atoms with E-state index in [9.17, 15) is 40.7 Å². The Morgan fingerprint density at radius 1 is 0.979 bits per heavy atom. The molecule has 2 aromatic heterocycles. The highest BCUT2D eigenvalue weighted by Crippen LogP contribution is 2.22. The molecule has 0 unspecified atom stereocenters. The van der Waals surface area contributed by atoms with Gasteiger partial charge >= 0.3 is 12.4 Å². The number of hydrogen-bond donors (Lipinski definition) is 4. The fraction of sp³-hybridized carbons (Fsp3) is 0.467. The first kappa shape index (κ1) is 39.4. The molecule has 264 valence electrons. The van der Waals surface area contributed by atoms with Crippen LogP contribution in [0.25, 0.3) is 22.2 Å². The molecular weight excluding hydrogens is 656 g/mol. The molecule has 4 rings (SSSR count). The van der Waals surface area contributed by atoms with Crippen LogP contribution >= 0.6 is 0 Å². The largest absolute Gasteiger partial charge is 0.542 e. The second-order valence-corrected chi connectivity index (χ2v) is 11.0. The number of nitrogens with one attached hydrogen (secondary N) is 5. The topological polar surface area (TPSA) is 194 Å². The van der Waals surface area contributed by atoms with Crippen LogP contribution in [0.4, 0.5) is 26.3 Å². The van der Waals surface area contributed by atoms with E-state index in [2.05, 4.69) is 27.3 Å². The normalized spacial score (nSPS) is 16.3. The van der Waals surface area contributed by atoms with Gasteiger partial charge in [-0.05, 0) is 30.4 Å². The van der Waals surface area contributed by atoms with Gasteiger partial charge in [-0.2, -0.15) is 26.3 Å². The Kier molecular flexibility index (Phi) is 14.3. The number of carboxylic acid groups (broad SMARTS) is 2. The summed E-state index contributed by atoms with van der Waals surface area (Å²) >= 11 is 0. The van der Waals surface area contributed by atoms with Crippen LogP contribution in [0.15, 0.2) is 41.3 Å². The van der Waals surface area contributed by atoms with Crippen LogP contribution < -0.4 is 31.0 Å². The summed E-state index contributed by atoms with van der Waals surface area (Å²) in [4.78, 5) is 65.5. The molecular formula is C30H35F6N5O7. The van der Waals surface area contributed by atoms with Crippen molar-refractivity contribution in [2.24, 2.45) is 5.92 Å². The van der Waals surface area contributed by atoms with E-state index in [1.165, 1.54) is 4.90 Å². The van der Waals surface area contributed by atoms with Gasteiger partial charge in [0, 0.05) is 18.4 Å². The predicted octanol–water partition coefficient (Wildman–Crippen LogP) is 0.166. The molecule has 1 aliphatic rings. The number of aliphatic carboxylic acids is 2. The summed E-state index contributed by atoms with van der Waals surface area (Å²) in [6, 6.07) is 9.35. The number of pyridine rings is 1. The van der Waals surface area contributed by atoms with Crippen molar-refractivity contribution < 1.29 is 65.6 Å². The number of ketones is 1. The van der Waals surface area contributed by atoms with Gasteiger partial charge in [0.25, 0.3) is 11.4 Å². The Labute approximate surface area is 269 Å². The first-order chi connectivity index (χ1) is 22.3. The maximum atomic E-state index is 12.8. The van der Waals surface area contributed by atoms with Crippen LogP contribution in [0, 0.1) is 5.92 Å². The number of Topliss-reactive ketones (excluding diaryl/α,β-unsaturated/α-hetero) is 1. The summed E-state index contributed by atoms with van der Waals surface area (Å²) in [6.07, 6.45) is -3.93. The van der Waals surface area contributed by atoms with Crippen molar-refractivity contribution in [3.8, 4) is 11.3 Å². The zero-order chi connectivity index (χ0) is 36.2. The van der Waals surface area contributed by atoms with Crippen molar-refractivity contribution in [1.82, 2.24) is 15.3 Å². The van der Waals surface area contributed by atoms with Crippen LogP contribution in [0.3, 0.4) is 0 Å². The number of carbonyl (C=O) groups is 4. The molecule has 3 aromatic rings. The lowest BCUT2D eigenvalue weighted by Gasteiger charge is -2.31. The number of likely N-dealkylation sites (tertiary alicyclic amines) is 1. The third-order valence-electron chi connectivity index (χ3n) is 7.22. The zero-order valence-electron chi connectivity index (χ0n) is 25.9. The summed E-state index contributed by atoms with van der Waals surface area (Å²) < 4.78 is 63.1. The third kappa shape index (κ3) is 12.5. The molecule has 0 spiro atoms. The molecule has 18 heteroatoms. The number of carboxylic acids is 2. The quantitative estimate of drug-likeness (QED) is 0.163. The number of H-pyrrole nitrogens is 3. The highest BCUT2D eigenvalue weighted by atomic mass is 19.4. The number of aromatic amines is 3. The molecule has 0 bridgehead atoms. The monoisotopic (exact) mass is 691 g/mol. The lowest BCUT2D eigenvalue weighted by Crippen LogP contribution is -3.18. The molecule has 1 fully saturated rings. The highest BCUT2D eigenvalue weighted by Gasteiger charge is 2.36. The third-order valence-corrected chi connectivity index (χ3v) is 7.22. The predicted molar refractivity (Wildman–Crippen MR) is 152 cm³/mol. The minimum atomic E-state index is -5.19. The highest BCUT2D eigenvalue weighted by molar-refractivity contribution is 5.82. The molecule has 1 aromatic carbocycles. The van der Waals surface area contributed by atoms with E-state index in [1.54, 1.807) is 6.20 Å². The number of quaternary nitrogens is 1. The molecule has 1 atom stereocenters. The zero-order valence-corrected chi connectivity index (χ0v) is 25.9. The van der Waals surface area contributed by atoms with Crippen LogP contribution in [0.1, 0.15) is 57.3 Å². The Morgan fingerprint density at radius 2 is 1.56 bits per heavy atom. The molecule has 1 amide bonds. The number of halogens is 6. The molecule has 0 saturated carbocycles. The van der Waals surface area contributed by atoms with E-state index in [4.69, 9.17) is 19.8 Å². The average molecular weight is 692 g/mol. The van der Waals surface area contributed by atoms with Gasteiger partial charge < -0.3 is 35.0 Å². The Balaban J connectivity index is 0.000000479. The van der Waals surface area contributed by atoms with Crippen molar-refractivity contribution in [3.63, 3.8) is 0 Å². The Morgan fingerprint density at radius 3 is 2.10 bits per heavy atom. The summed E-state index contributed by atoms with van der Waals surface area (Å²) in [5, 5.41) is 21.7. The number of benzene rings is 1. The Hall–Kier alpha value is -4.74. The van der Waals surface area contributed by atoms with Crippen LogP contribution in [0.2, 0.25) is 0 Å². The van der Waals surface area contributed by atoms with Gasteiger partial charge in [0.15, 0.2) is 5.69 Å². The number of unbranched alkanes of at least 4 members (excludes halogenated alkanes) is 2. The number of fused-ring (bicyclic) bond motifs is 1. The van der Waals surface area contributed by atoms with Gasteiger partial charge in [0.05, 0.1) is 25.7 Å². The second-order valence-electron chi connectivity index (χ2n) is 11.0. The van der Waals surface area contributed by atoms with E-state index in [-0.39, 0.29) is 23.4 Å². The number of para-hydroxylation sites is 1. The number of rotatable bonds is 11. The maximum absolute atomic E-state index is 12.8. The summed E-state index contributed by atoms with van der Waals surface area (Å²) in [5.74, 6) is -4.82. The summed E-state index contributed by atoms with van der Waals surface area (Å²) in [7, 11) is 2.09. The summed E-state index contributed by atoms with van der Waals surface area (Å²) in [5.41, 5.74) is 1.87. The van der Waals surface area contributed by atoms with E-state index in [1.807, 2.05) is 37.3 Å². The number of imidazole rings is 1. The molecule has 0 aliphatic carbocycles. The molecule has 1 saturated heterocycles. The van der Waals surface area contributed by atoms with Gasteiger partial charge in [0.1, 0.15) is 35.9 Å². The number of carbonyl (C=O) groups excluding carboxylic acids is 4. The van der Waals surface area contributed by atoms with E-state index in [0.717, 1.165) is 55.5 Å². The van der Waals surface area contributed by atoms with Gasteiger partial charge in [-0.1, -0.05) is 38.0 Å². The minimum absolute atomic E-state index is 0.0439. The average Bonchev–Trinajstić information content (AvgIpc) is 3.47. The standard InChI is InChI=1S/C26H33N5O3.2C2HF3O2/c1-3-19(32)10-5-4-6-12-22(30-25(33)18-15-31(2)16-18)24-27-14-23(28-24)20-13-17-9-7-8-11-21(17)29-26(20)34;2*3-2(4,5)1(6)7/h7-9,11,13-14,18,22H,3-6,10,12,15-16H2,1-2H3,(H,27,28)(H,29,34)(H,30,33);2*(H,6,7)/t22-;;/m0../s1. The molecule has 0 radical (unpaired) electrons. The fourth-order valence-corrected chi connectivity index (χ4v) is 4.62. The van der Waals surface area contributed by atoms with Crippen molar-refractivity contribution in [2.75, 3.05) is 20.1 Å². The fourth-order valence-electron chi connectivity index (χ4n) is 4.62. The number of hydrogen-bond acceptors (Lipinski definition) is 7. The number of aromatic nitrogens is 3. The first-order valence-electron chi connectivity index (χ1n) is 14.8. The smallest absolute Gasteiger partial charge is 0.430 e. The number of amides is 1. The van der Waals surface area contributed by atoms with Gasteiger partial charge in [0.2, 0.25) is 5.91 Å². The van der Waals surface area contributed by atoms with Crippen LogP contribution in [0.5, 0.6) is 0 Å². The molecule has 1 aliphatic heterocycles. The number of alkyl halides is 6.